The maximum Gasteiger partial charge on any atom is 0.341 e. The summed E-state index contributed by atoms with van der Waals surface area (Å²) in [6.45, 7) is 2.00. The highest BCUT2D eigenvalue weighted by molar-refractivity contribution is 7.92. The summed E-state index contributed by atoms with van der Waals surface area (Å²) in [6.07, 6.45) is 3.15. The standard InChI is InChI=1S/C11H15NO4S2/c1-3-16-11(13)9-8(7-4-5-7)6-17-10(9)12-18(2,14)15/h6-7,12H,3-5H2,1-2H3. The van der Waals surface area contributed by atoms with Crippen molar-refractivity contribution in [1.29, 1.82) is 0 Å². The second-order valence-electron chi connectivity index (χ2n) is 4.26. The Labute approximate surface area is 110 Å². The lowest BCUT2D eigenvalue weighted by atomic mass is 10.1. The van der Waals surface area contributed by atoms with E-state index in [9.17, 15) is 13.2 Å². The molecule has 0 amide bonds. The van der Waals surface area contributed by atoms with Crippen molar-refractivity contribution in [3.05, 3.63) is 16.5 Å². The Morgan fingerprint density at radius 3 is 2.72 bits per heavy atom. The zero-order valence-electron chi connectivity index (χ0n) is 10.2. The molecular formula is C11H15NO4S2. The third-order valence-electron chi connectivity index (χ3n) is 2.59. The number of carbonyl (C=O) groups excluding carboxylic acids is 1. The number of ether oxygens (including phenoxy) is 1. The average molecular weight is 289 g/mol. The van der Waals surface area contributed by atoms with Gasteiger partial charge in [0.1, 0.15) is 5.00 Å². The van der Waals surface area contributed by atoms with Gasteiger partial charge in [0.05, 0.1) is 18.4 Å². The van der Waals surface area contributed by atoms with E-state index >= 15 is 0 Å². The van der Waals surface area contributed by atoms with E-state index in [2.05, 4.69) is 4.72 Å². The monoisotopic (exact) mass is 289 g/mol. The van der Waals surface area contributed by atoms with Crippen LogP contribution in [-0.2, 0) is 14.8 Å². The van der Waals surface area contributed by atoms with Crippen LogP contribution in [0.15, 0.2) is 5.38 Å². The van der Waals surface area contributed by atoms with E-state index in [1.807, 2.05) is 5.38 Å². The number of anilines is 1. The van der Waals surface area contributed by atoms with Crippen LogP contribution in [0, 0.1) is 0 Å². The first-order valence-corrected chi connectivity index (χ1v) is 8.45. The van der Waals surface area contributed by atoms with Crippen LogP contribution >= 0.6 is 11.3 Å². The molecule has 5 nitrogen and oxygen atoms in total. The number of thiophene rings is 1. The molecule has 1 aliphatic rings. The zero-order chi connectivity index (χ0) is 13.3. The highest BCUT2D eigenvalue weighted by Crippen LogP contribution is 2.46. The number of sulfonamides is 1. The molecule has 0 aliphatic heterocycles. The van der Waals surface area contributed by atoms with Gasteiger partial charge in [-0.3, -0.25) is 4.72 Å². The smallest absolute Gasteiger partial charge is 0.341 e. The summed E-state index contributed by atoms with van der Waals surface area (Å²) < 4.78 is 29.9. The number of hydrogen-bond donors (Lipinski definition) is 1. The minimum atomic E-state index is -3.39. The molecule has 0 radical (unpaired) electrons. The lowest BCUT2D eigenvalue weighted by Gasteiger charge is -2.07. The van der Waals surface area contributed by atoms with Crippen molar-refractivity contribution in [2.24, 2.45) is 0 Å². The van der Waals surface area contributed by atoms with Crippen LogP contribution in [0.25, 0.3) is 0 Å². The van der Waals surface area contributed by atoms with E-state index in [0.717, 1.165) is 24.7 Å². The molecule has 0 saturated heterocycles. The molecule has 100 valence electrons. The van der Waals surface area contributed by atoms with Gasteiger partial charge in [-0.05, 0) is 36.6 Å². The van der Waals surface area contributed by atoms with Gasteiger partial charge < -0.3 is 4.74 Å². The van der Waals surface area contributed by atoms with Crippen LogP contribution in [0.4, 0.5) is 5.00 Å². The molecule has 0 spiro atoms. The average Bonchev–Trinajstić information content (AvgIpc) is 2.99. The van der Waals surface area contributed by atoms with Gasteiger partial charge in [0.15, 0.2) is 0 Å². The van der Waals surface area contributed by atoms with Gasteiger partial charge in [0, 0.05) is 0 Å². The molecule has 1 aromatic heterocycles. The van der Waals surface area contributed by atoms with E-state index in [4.69, 9.17) is 4.74 Å². The van der Waals surface area contributed by atoms with E-state index in [0.29, 0.717) is 16.5 Å². The van der Waals surface area contributed by atoms with Crippen LogP contribution in [0.3, 0.4) is 0 Å². The van der Waals surface area contributed by atoms with Crippen LogP contribution < -0.4 is 4.72 Å². The molecule has 0 aromatic carbocycles. The molecule has 0 atom stereocenters. The summed E-state index contributed by atoms with van der Waals surface area (Å²) in [5.41, 5.74) is 1.29. The first-order chi connectivity index (χ1) is 8.42. The molecule has 2 rings (SSSR count). The fraction of sp³-hybridized carbons (Fsp3) is 0.545. The summed E-state index contributed by atoms with van der Waals surface area (Å²) in [5, 5.41) is 2.20. The maximum atomic E-state index is 11.9. The predicted molar refractivity (Wildman–Crippen MR) is 70.7 cm³/mol. The number of esters is 1. The van der Waals surface area contributed by atoms with Crippen LogP contribution in [-0.4, -0.2) is 27.2 Å². The Balaban J connectivity index is 2.37. The van der Waals surface area contributed by atoms with E-state index in [-0.39, 0.29) is 6.61 Å². The summed E-state index contributed by atoms with van der Waals surface area (Å²) in [4.78, 5) is 11.9. The fourth-order valence-electron chi connectivity index (χ4n) is 1.72. The number of carbonyl (C=O) groups is 1. The summed E-state index contributed by atoms with van der Waals surface area (Å²) >= 11 is 1.23. The second-order valence-corrected chi connectivity index (χ2v) is 6.89. The number of rotatable bonds is 5. The third-order valence-corrected chi connectivity index (χ3v) is 4.21. The van der Waals surface area contributed by atoms with Crippen LogP contribution in [0.5, 0.6) is 0 Å². The zero-order valence-corrected chi connectivity index (χ0v) is 11.9. The third kappa shape index (κ3) is 3.02. The van der Waals surface area contributed by atoms with Gasteiger partial charge in [-0.15, -0.1) is 11.3 Å². The normalized spacial score (nSPS) is 15.4. The first kappa shape index (κ1) is 13.4. The summed E-state index contributed by atoms with van der Waals surface area (Å²) in [6, 6.07) is 0. The molecule has 1 heterocycles. The first-order valence-electron chi connectivity index (χ1n) is 5.68. The molecule has 1 aliphatic carbocycles. The molecule has 18 heavy (non-hydrogen) atoms. The molecule has 1 saturated carbocycles. The van der Waals surface area contributed by atoms with Crippen molar-refractivity contribution in [1.82, 2.24) is 0 Å². The maximum absolute atomic E-state index is 11.9. The molecule has 1 aromatic rings. The number of hydrogen-bond acceptors (Lipinski definition) is 5. The summed E-state index contributed by atoms with van der Waals surface area (Å²) in [5.74, 6) is -0.0810. The van der Waals surface area contributed by atoms with Crippen LogP contribution in [0.2, 0.25) is 0 Å². The van der Waals surface area contributed by atoms with Crippen molar-refractivity contribution in [2.45, 2.75) is 25.7 Å². The van der Waals surface area contributed by atoms with E-state index < -0.39 is 16.0 Å². The largest absolute Gasteiger partial charge is 0.462 e. The van der Waals surface area contributed by atoms with E-state index in [1.165, 1.54) is 11.3 Å². The Morgan fingerprint density at radius 2 is 2.22 bits per heavy atom. The lowest BCUT2D eigenvalue weighted by Crippen LogP contribution is -2.13. The van der Waals surface area contributed by atoms with E-state index in [1.54, 1.807) is 6.92 Å². The quantitative estimate of drug-likeness (QED) is 0.843. The molecule has 7 heteroatoms. The molecule has 0 unspecified atom stereocenters. The van der Waals surface area contributed by atoms with Crippen molar-refractivity contribution < 1.29 is 17.9 Å². The lowest BCUT2D eigenvalue weighted by molar-refractivity contribution is 0.0527. The Kier molecular flexibility index (Phi) is 3.63. The van der Waals surface area contributed by atoms with Crippen molar-refractivity contribution in [3.8, 4) is 0 Å². The topological polar surface area (TPSA) is 72.5 Å². The van der Waals surface area contributed by atoms with Gasteiger partial charge in [-0.25, -0.2) is 13.2 Å². The van der Waals surface area contributed by atoms with Gasteiger partial charge in [0.2, 0.25) is 10.0 Å². The highest BCUT2D eigenvalue weighted by atomic mass is 32.2. The Hall–Kier alpha value is -1.08. The molecular weight excluding hydrogens is 274 g/mol. The highest BCUT2D eigenvalue weighted by Gasteiger charge is 2.32. The summed E-state index contributed by atoms with van der Waals surface area (Å²) in [7, 11) is -3.39. The Bertz CT molecular complexity index is 558. The molecule has 1 N–H and O–H groups in total. The molecule has 0 bridgehead atoms. The molecule has 1 fully saturated rings. The minimum absolute atomic E-state index is 0.275. The van der Waals surface area contributed by atoms with Crippen molar-refractivity contribution >= 4 is 32.3 Å². The van der Waals surface area contributed by atoms with Crippen molar-refractivity contribution in [3.63, 3.8) is 0 Å². The van der Waals surface area contributed by atoms with Gasteiger partial charge >= 0.3 is 5.97 Å². The SMILES string of the molecule is CCOC(=O)c1c(C2CC2)csc1NS(C)(=O)=O. The van der Waals surface area contributed by atoms with Crippen molar-refractivity contribution in [2.75, 3.05) is 17.6 Å². The second kappa shape index (κ2) is 4.89. The van der Waals surface area contributed by atoms with Crippen LogP contribution in [0.1, 0.15) is 41.6 Å². The van der Waals surface area contributed by atoms with Gasteiger partial charge in [-0.2, -0.15) is 0 Å². The minimum Gasteiger partial charge on any atom is -0.462 e. The predicted octanol–water partition coefficient (Wildman–Crippen LogP) is 2.17. The van der Waals surface area contributed by atoms with Gasteiger partial charge in [0.25, 0.3) is 0 Å². The fourth-order valence-corrected chi connectivity index (χ4v) is 3.68. The Morgan fingerprint density at radius 1 is 1.56 bits per heavy atom. The number of nitrogens with one attached hydrogen (secondary N) is 1. The van der Waals surface area contributed by atoms with Gasteiger partial charge in [-0.1, -0.05) is 0 Å².